The van der Waals surface area contributed by atoms with Gasteiger partial charge in [0.2, 0.25) is 11.8 Å². The minimum atomic E-state index is -0.913. The minimum absolute atomic E-state index is 0.0921. The molecule has 0 aliphatic carbocycles. The predicted octanol–water partition coefficient (Wildman–Crippen LogP) is 1.42. The van der Waals surface area contributed by atoms with Gasteiger partial charge in [0, 0.05) is 12.1 Å². The summed E-state index contributed by atoms with van der Waals surface area (Å²) in [5.41, 5.74) is 5.51. The molecular formula is C17H24N2O5. The van der Waals surface area contributed by atoms with Crippen LogP contribution in [0, 0.1) is 11.8 Å². The Morgan fingerprint density at radius 2 is 2.00 bits per heavy atom. The molecule has 7 heteroatoms. The summed E-state index contributed by atoms with van der Waals surface area (Å²) in [5.74, 6) is -1.66. The average Bonchev–Trinajstić information content (AvgIpc) is 2.51. The lowest BCUT2D eigenvalue weighted by Gasteiger charge is -2.15. The van der Waals surface area contributed by atoms with Gasteiger partial charge in [-0.25, -0.2) is 0 Å². The summed E-state index contributed by atoms with van der Waals surface area (Å²) in [6.07, 6.45) is 0.598. The van der Waals surface area contributed by atoms with Crippen LogP contribution in [0.2, 0.25) is 0 Å². The highest BCUT2D eigenvalue weighted by atomic mass is 16.5. The molecule has 0 fully saturated rings. The van der Waals surface area contributed by atoms with Crippen molar-refractivity contribution in [2.75, 3.05) is 13.2 Å². The molecule has 24 heavy (non-hydrogen) atoms. The van der Waals surface area contributed by atoms with E-state index in [1.165, 1.54) is 6.07 Å². The molecule has 7 nitrogen and oxygen atoms in total. The van der Waals surface area contributed by atoms with E-state index in [4.69, 9.17) is 15.6 Å². The number of carboxylic acid groups (broad SMARTS) is 1. The average molecular weight is 336 g/mol. The zero-order valence-electron chi connectivity index (χ0n) is 14.0. The Morgan fingerprint density at radius 3 is 2.58 bits per heavy atom. The molecule has 0 aliphatic heterocycles. The van der Waals surface area contributed by atoms with Crippen LogP contribution in [0.4, 0.5) is 0 Å². The topological polar surface area (TPSA) is 119 Å². The summed E-state index contributed by atoms with van der Waals surface area (Å²) >= 11 is 0. The van der Waals surface area contributed by atoms with Gasteiger partial charge in [-0.1, -0.05) is 19.9 Å². The van der Waals surface area contributed by atoms with Gasteiger partial charge in [-0.3, -0.25) is 14.4 Å². The molecule has 0 spiro atoms. The van der Waals surface area contributed by atoms with Crippen molar-refractivity contribution in [2.24, 2.45) is 17.6 Å². The summed E-state index contributed by atoms with van der Waals surface area (Å²) in [6, 6.07) is 6.37. The number of carboxylic acids is 1. The van der Waals surface area contributed by atoms with Crippen LogP contribution in [0.3, 0.4) is 0 Å². The zero-order chi connectivity index (χ0) is 18.1. The Kier molecular flexibility index (Phi) is 7.74. The first-order valence-electron chi connectivity index (χ1n) is 7.81. The van der Waals surface area contributed by atoms with E-state index < -0.39 is 17.8 Å². The summed E-state index contributed by atoms with van der Waals surface area (Å²) in [4.78, 5) is 34.0. The Labute approximate surface area is 141 Å². The van der Waals surface area contributed by atoms with E-state index in [9.17, 15) is 14.4 Å². The summed E-state index contributed by atoms with van der Waals surface area (Å²) in [6.45, 7) is 4.09. The van der Waals surface area contributed by atoms with Gasteiger partial charge < -0.3 is 20.9 Å². The van der Waals surface area contributed by atoms with Gasteiger partial charge in [0.25, 0.3) is 0 Å². The van der Waals surface area contributed by atoms with Crippen molar-refractivity contribution in [3.8, 4) is 5.75 Å². The molecule has 1 unspecified atom stereocenters. The maximum Gasteiger partial charge on any atom is 0.308 e. The highest BCUT2D eigenvalue weighted by molar-refractivity contribution is 5.93. The SMILES string of the molecule is CC(C)CC(CNC(=O)CCOc1cccc(C(N)=O)c1)C(=O)O. The smallest absolute Gasteiger partial charge is 0.308 e. The number of hydrogen-bond acceptors (Lipinski definition) is 4. The van der Waals surface area contributed by atoms with Crippen molar-refractivity contribution in [3.63, 3.8) is 0 Å². The van der Waals surface area contributed by atoms with Gasteiger partial charge >= 0.3 is 5.97 Å². The number of nitrogens with one attached hydrogen (secondary N) is 1. The van der Waals surface area contributed by atoms with Crippen molar-refractivity contribution in [3.05, 3.63) is 29.8 Å². The third-order valence-electron chi connectivity index (χ3n) is 3.37. The molecule has 132 valence electrons. The Hall–Kier alpha value is -2.57. The third kappa shape index (κ3) is 7.13. The normalized spacial score (nSPS) is 11.8. The first-order chi connectivity index (χ1) is 11.3. The van der Waals surface area contributed by atoms with E-state index in [1.54, 1.807) is 18.2 Å². The van der Waals surface area contributed by atoms with Crippen LogP contribution in [0.15, 0.2) is 24.3 Å². The number of primary amides is 1. The van der Waals surface area contributed by atoms with Crippen LogP contribution in [0.1, 0.15) is 37.0 Å². The Morgan fingerprint density at radius 1 is 1.29 bits per heavy atom. The van der Waals surface area contributed by atoms with Crippen LogP contribution in [0.5, 0.6) is 5.75 Å². The molecule has 4 N–H and O–H groups in total. The van der Waals surface area contributed by atoms with Gasteiger partial charge in [0.05, 0.1) is 18.9 Å². The molecule has 0 heterocycles. The van der Waals surface area contributed by atoms with Crippen LogP contribution >= 0.6 is 0 Å². The molecular weight excluding hydrogens is 312 g/mol. The lowest BCUT2D eigenvalue weighted by Crippen LogP contribution is -2.34. The number of benzene rings is 1. The minimum Gasteiger partial charge on any atom is -0.493 e. The van der Waals surface area contributed by atoms with Crippen LogP contribution in [-0.2, 0) is 9.59 Å². The Bertz CT molecular complexity index is 586. The molecule has 1 rings (SSSR count). The van der Waals surface area contributed by atoms with Crippen molar-refractivity contribution in [2.45, 2.75) is 26.7 Å². The molecule has 1 aromatic rings. The predicted molar refractivity (Wildman–Crippen MR) is 88.7 cm³/mol. The first-order valence-corrected chi connectivity index (χ1v) is 7.81. The molecule has 0 bridgehead atoms. The Balaban J connectivity index is 2.37. The second kappa shape index (κ2) is 9.54. The molecule has 0 saturated heterocycles. The summed E-state index contributed by atoms with van der Waals surface area (Å²) < 4.78 is 5.40. The number of carbonyl (C=O) groups excluding carboxylic acids is 2. The highest BCUT2D eigenvalue weighted by Crippen LogP contribution is 2.13. The number of hydrogen-bond donors (Lipinski definition) is 3. The number of carbonyl (C=O) groups is 3. The second-order valence-electron chi connectivity index (χ2n) is 5.96. The third-order valence-corrected chi connectivity index (χ3v) is 3.37. The van der Waals surface area contributed by atoms with Crippen LogP contribution < -0.4 is 15.8 Å². The maximum atomic E-state index is 11.8. The molecule has 0 aromatic heterocycles. The van der Waals surface area contributed by atoms with Crippen molar-refractivity contribution >= 4 is 17.8 Å². The summed E-state index contributed by atoms with van der Waals surface area (Å²) in [5, 5.41) is 11.7. The van der Waals surface area contributed by atoms with E-state index >= 15 is 0 Å². The van der Waals surface area contributed by atoms with Crippen molar-refractivity contribution in [1.29, 1.82) is 0 Å². The number of amides is 2. The van der Waals surface area contributed by atoms with Crippen LogP contribution in [0.25, 0.3) is 0 Å². The fraction of sp³-hybridized carbons (Fsp3) is 0.471. The maximum absolute atomic E-state index is 11.8. The standard InChI is InChI=1S/C17H24N2O5/c1-11(2)8-13(17(22)23)10-19-15(20)6-7-24-14-5-3-4-12(9-14)16(18)21/h3-5,9,11,13H,6-8,10H2,1-2H3,(H2,18,21)(H,19,20)(H,22,23). The van der Waals surface area contributed by atoms with Gasteiger partial charge in [0.1, 0.15) is 5.75 Å². The lowest BCUT2D eigenvalue weighted by molar-refractivity contribution is -0.142. The number of rotatable bonds is 10. The van der Waals surface area contributed by atoms with E-state index in [0.29, 0.717) is 17.7 Å². The highest BCUT2D eigenvalue weighted by Gasteiger charge is 2.19. The molecule has 0 aliphatic rings. The largest absolute Gasteiger partial charge is 0.493 e. The van der Waals surface area contributed by atoms with Gasteiger partial charge in [0.15, 0.2) is 0 Å². The first kappa shape index (κ1) is 19.5. The summed E-state index contributed by atoms with van der Waals surface area (Å²) in [7, 11) is 0. The van der Waals surface area contributed by atoms with Crippen molar-refractivity contribution < 1.29 is 24.2 Å². The monoisotopic (exact) mass is 336 g/mol. The fourth-order valence-corrected chi connectivity index (χ4v) is 2.17. The molecule has 1 aromatic carbocycles. The van der Waals surface area contributed by atoms with E-state index in [2.05, 4.69) is 5.32 Å². The van der Waals surface area contributed by atoms with E-state index in [-0.39, 0.29) is 31.4 Å². The van der Waals surface area contributed by atoms with Gasteiger partial charge in [-0.15, -0.1) is 0 Å². The number of nitrogens with two attached hydrogens (primary N) is 1. The van der Waals surface area contributed by atoms with E-state index in [1.807, 2.05) is 13.8 Å². The van der Waals surface area contributed by atoms with Crippen molar-refractivity contribution in [1.82, 2.24) is 5.32 Å². The van der Waals surface area contributed by atoms with Crippen LogP contribution in [-0.4, -0.2) is 36.0 Å². The van der Waals surface area contributed by atoms with Gasteiger partial charge in [-0.05, 0) is 30.5 Å². The number of ether oxygens (including phenoxy) is 1. The van der Waals surface area contributed by atoms with E-state index in [0.717, 1.165) is 0 Å². The lowest BCUT2D eigenvalue weighted by atomic mass is 9.97. The van der Waals surface area contributed by atoms with Gasteiger partial charge in [-0.2, -0.15) is 0 Å². The molecule has 0 saturated carbocycles. The molecule has 1 atom stereocenters. The molecule has 0 radical (unpaired) electrons. The second-order valence-corrected chi connectivity index (χ2v) is 5.96. The molecule has 2 amide bonds. The quantitative estimate of drug-likeness (QED) is 0.597. The zero-order valence-corrected chi connectivity index (χ0v) is 14.0. The fourth-order valence-electron chi connectivity index (χ4n) is 2.17. The number of aliphatic carboxylic acids is 1.